The molecule has 48 heavy (non-hydrogen) atoms. The molecule has 0 unspecified atom stereocenters. The Morgan fingerprint density at radius 1 is 0.354 bits per heavy atom. The van der Waals surface area contributed by atoms with Crippen LogP contribution in [0, 0.1) is 0 Å². The number of thiophene rings is 1. The van der Waals surface area contributed by atoms with Crippen LogP contribution in [-0.4, -0.2) is 0 Å². The molecule has 0 amide bonds. The predicted octanol–water partition coefficient (Wildman–Crippen LogP) is 13.8. The first-order valence-corrected chi connectivity index (χ1v) is 17.3. The Labute approximate surface area is 282 Å². The molecular weight excluding hydrogens is 599 g/mol. The fraction of sp³-hybridized carbons (Fsp3) is 0. The van der Waals surface area contributed by atoms with Crippen molar-refractivity contribution in [2.24, 2.45) is 0 Å². The summed E-state index contributed by atoms with van der Waals surface area (Å²) in [5, 5.41) is 12.8. The standard InChI is InChI=1S/C46H29NS/c1-2-12-30(13-3-1)31-24-26-35(27-25-31)47(42-28-33-15-5-7-17-37(33)45-40-20-10-11-21-43(40)48-46(42)45)41-29-34-23-22-32-14-4-6-16-36(32)44(34)39-19-9-8-18-38(39)41/h1-29H. The highest BCUT2D eigenvalue weighted by Gasteiger charge is 2.23. The Morgan fingerprint density at radius 3 is 1.71 bits per heavy atom. The molecule has 2 heteroatoms. The topological polar surface area (TPSA) is 3.24 Å². The Balaban J connectivity index is 1.33. The molecule has 224 valence electrons. The maximum absolute atomic E-state index is 2.51. The van der Waals surface area contributed by atoms with Crippen LogP contribution in [0.3, 0.4) is 0 Å². The van der Waals surface area contributed by atoms with E-state index in [1.165, 1.54) is 85.8 Å². The highest BCUT2D eigenvalue weighted by Crippen LogP contribution is 2.50. The lowest BCUT2D eigenvalue weighted by Crippen LogP contribution is -2.11. The number of anilines is 3. The van der Waals surface area contributed by atoms with Gasteiger partial charge in [0.15, 0.2) is 0 Å². The smallest absolute Gasteiger partial charge is 0.0647 e. The molecular formula is C46H29NS. The van der Waals surface area contributed by atoms with E-state index < -0.39 is 0 Å². The molecule has 0 saturated carbocycles. The maximum atomic E-state index is 2.51. The summed E-state index contributed by atoms with van der Waals surface area (Å²) in [4.78, 5) is 2.51. The number of benzene rings is 9. The number of hydrogen-bond donors (Lipinski definition) is 0. The lowest BCUT2D eigenvalue weighted by atomic mass is 9.94. The number of hydrogen-bond acceptors (Lipinski definition) is 2. The quantitative estimate of drug-likeness (QED) is 0.176. The molecule has 0 bridgehead atoms. The Hall–Kier alpha value is -5.96. The summed E-state index contributed by atoms with van der Waals surface area (Å²) in [5.41, 5.74) is 5.93. The van der Waals surface area contributed by atoms with Gasteiger partial charge in [-0.25, -0.2) is 0 Å². The van der Waals surface area contributed by atoms with E-state index in [2.05, 4.69) is 181 Å². The normalized spacial score (nSPS) is 11.8. The van der Waals surface area contributed by atoms with Crippen molar-refractivity contribution in [3.8, 4) is 11.1 Å². The van der Waals surface area contributed by atoms with Gasteiger partial charge in [0.05, 0.1) is 16.1 Å². The highest BCUT2D eigenvalue weighted by atomic mass is 32.1. The molecule has 10 aromatic rings. The Kier molecular flexibility index (Phi) is 6.12. The van der Waals surface area contributed by atoms with Crippen LogP contribution in [0.15, 0.2) is 176 Å². The van der Waals surface area contributed by atoms with Gasteiger partial charge in [0.2, 0.25) is 0 Å². The van der Waals surface area contributed by atoms with Crippen molar-refractivity contribution in [2.45, 2.75) is 0 Å². The fourth-order valence-corrected chi connectivity index (χ4v) is 8.83. The van der Waals surface area contributed by atoms with E-state index in [0.717, 1.165) is 5.69 Å². The third kappa shape index (κ3) is 4.17. The number of nitrogens with zero attached hydrogens (tertiary/aromatic N) is 1. The average molecular weight is 628 g/mol. The predicted molar refractivity (Wildman–Crippen MR) is 209 cm³/mol. The first-order valence-electron chi connectivity index (χ1n) is 16.4. The second-order valence-electron chi connectivity index (χ2n) is 12.5. The minimum Gasteiger partial charge on any atom is -0.308 e. The van der Waals surface area contributed by atoms with Crippen LogP contribution >= 0.6 is 11.3 Å². The molecule has 0 fully saturated rings. The third-order valence-electron chi connectivity index (χ3n) is 9.79. The van der Waals surface area contributed by atoms with Crippen molar-refractivity contribution in [3.63, 3.8) is 0 Å². The van der Waals surface area contributed by atoms with Gasteiger partial charge in [0, 0.05) is 26.5 Å². The summed E-state index contributed by atoms with van der Waals surface area (Å²) in [6.07, 6.45) is 0. The second-order valence-corrected chi connectivity index (χ2v) is 13.5. The van der Waals surface area contributed by atoms with Gasteiger partial charge in [-0.3, -0.25) is 0 Å². The zero-order chi connectivity index (χ0) is 31.6. The van der Waals surface area contributed by atoms with Gasteiger partial charge in [-0.15, -0.1) is 11.3 Å². The molecule has 10 rings (SSSR count). The summed E-state index contributed by atoms with van der Waals surface area (Å²) in [7, 11) is 0. The van der Waals surface area contributed by atoms with Gasteiger partial charge in [-0.05, 0) is 79.2 Å². The van der Waals surface area contributed by atoms with Gasteiger partial charge in [0.1, 0.15) is 0 Å². The van der Waals surface area contributed by atoms with E-state index in [9.17, 15) is 0 Å². The first-order chi connectivity index (χ1) is 23.8. The molecule has 0 atom stereocenters. The lowest BCUT2D eigenvalue weighted by molar-refractivity contribution is 1.32. The molecule has 1 heterocycles. The molecule has 9 aromatic carbocycles. The van der Waals surface area contributed by atoms with Crippen molar-refractivity contribution >= 4 is 91.7 Å². The largest absolute Gasteiger partial charge is 0.308 e. The highest BCUT2D eigenvalue weighted by molar-refractivity contribution is 7.26. The van der Waals surface area contributed by atoms with E-state index >= 15 is 0 Å². The second kappa shape index (κ2) is 10.8. The molecule has 0 aliphatic rings. The van der Waals surface area contributed by atoms with Gasteiger partial charge in [-0.1, -0.05) is 146 Å². The van der Waals surface area contributed by atoms with Crippen molar-refractivity contribution < 1.29 is 0 Å². The fourth-order valence-electron chi connectivity index (χ4n) is 7.61. The molecule has 0 aliphatic heterocycles. The molecule has 0 aliphatic carbocycles. The molecule has 0 radical (unpaired) electrons. The van der Waals surface area contributed by atoms with Crippen LogP contribution < -0.4 is 4.90 Å². The van der Waals surface area contributed by atoms with Crippen molar-refractivity contribution in [3.05, 3.63) is 176 Å². The zero-order valence-corrected chi connectivity index (χ0v) is 26.9. The van der Waals surface area contributed by atoms with E-state index in [1.54, 1.807) is 0 Å². The Bertz CT molecular complexity index is 2830. The van der Waals surface area contributed by atoms with Gasteiger partial charge >= 0.3 is 0 Å². The SMILES string of the molecule is c1ccc(-c2ccc(N(c3cc4ccc5ccccc5c4c4ccccc34)c3cc4ccccc4c4c3sc3ccccc34)cc2)cc1. The van der Waals surface area contributed by atoms with E-state index in [0.29, 0.717) is 0 Å². The molecule has 0 saturated heterocycles. The molecule has 1 aromatic heterocycles. The van der Waals surface area contributed by atoms with Crippen LogP contribution in [0.25, 0.3) is 74.4 Å². The third-order valence-corrected chi connectivity index (χ3v) is 11.0. The summed E-state index contributed by atoms with van der Waals surface area (Å²) in [5.74, 6) is 0. The van der Waals surface area contributed by atoms with Crippen molar-refractivity contribution in [1.29, 1.82) is 0 Å². The Morgan fingerprint density at radius 2 is 0.917 bits per heavy atom. The summed E-state index contributed by atoms with van der Waals surface area (Å²) in [6.45, 7) is 0. The first kappa shape index (κ1) is 27.2. The molecule has 0 N–H and O–H groups in total. The molecule has 1 nitrogen and oxygen atoms in total. The van der Waals surface area contributed by atoms with Crippen molar-refractivity contribution in [2.75, 3.05) is 4.90 Å². The van der Waals surface area contributed by atoms with Crippen LogP contribution in [-0.2, 0) is 0 Å². The minimum absolute atomic E-state index is 1.13. The number of fused-ring (bicyclic) bond motifs is 10. The molecule has 0 spiro atoms. The van der Waals surface area contributed by atoms with Gasteiger partial charge < -0.3 is 4.90 Å². The van der Waals surface area contributed by atoms with E-state index in [1.807, 2.05) is 11.3 Å². The maximum Gasteiger partial charge on any atom is 0.0647 e. The van der Waals surface area contributed by atoms with E-state index in [-0.39, 0.29) is 0 Å². The average Bonchev–Trinajstić information content (AvgIpc) is 3.56. The monoisotopic (exact) mass is 627 g/mol. The van der Waals surface area contributed by atoms with Crippen LogP contribution in [0.5, 0.6) is 0 Å². The number of rotatable bonds is 4. The van der Waals surface area contributed by atoms with Gasteiger partial charge in [-0.2, -0.15) is 0 Å². The minimum atomic E-state index is 1.13. The van der Waals surface area contributed by atoms with Crippen LogP contribution in [0.2, 0.25) is 0 Å². The van der Waals surface area contributed by atoms with Crippen molar-refractivity contribution in [1.82, 2.24) is 0 Å². The van der Waals surface area contributed by atoms with Crippen LogP contribution in [0.4, 0.5) is 17.1 Å². The van der Waals surface area contributed by atoms with Crippen LogP contribution in [0.1, 0.15) is 0 Å². The van der Waals surface area contributed by atoms with E-state index in [4.69, 9.17) is 0 Å². The summed E-state index contributed by atoms with van der Waals surface area (Å²) in [6, 6.07) is 64.5. The summed E-state index contributed by atoms with van der Waals surface area (Å²) < 4.78 is 2.60. The van der Waals surface area contributed by atoms with Gasteiger partial charge in [0.25, 0.3) is 0 Å². The zero-order valence-electron chi connectivity index (χ0n) is 26.1. The lowest BCUT2D eigenvalue weighted by Gasteiger charge is -2.29. The summed E-state index contributed by atoms with van der Waals surface area (Å²) >= 11 is 1.89.